The average Bonchev–Trinajstić information content (AvgIpc) is 3.04. The molecular formula is C17H26ClN3O2. The Morgan fingerprint density at radius 2 is 1.74 bits per heavy atom. The van der Waals surface area contributed by atoms with E-state index in [1.54, 1.807) is 29.2 Å². The number of carbonyl (C=O) groups is 2. The topological polar surface area (TPSA) is 66.6 Å². The van der Waals surface area contributed by atoms with Crippen LogP contribution in [0.1, 0.15) is 41.0 Å². The summed E-state index contributed by atoms with van der Waals surface area (Å²) in [5.74, 6) is 0.443. The van der Waals surface area contributed by atoms with Crippen LogP contribution >= 0.6 is 12.4 Å². The Balaban J connectivity index is 0.00000264. The third-order valence-corrected chi connectivity index (χ3v) is 4.34. The summed E-state index contributed by atoms with van der Waals surface area (Å²) in [6, 6.07) is 6.97. The van der Waals surface area contributed by atoms with Crippen LogP contribution in [0, 0.1) is 5.92 Å². The summed E-state index contributed by atoms with van der Waals surface area (Å²) >= 11 is 0. The van der Waals surface area contributed by atoms with E-state index in [0.29, 0.717) is 36.7 Å². The first-order chi connectivity index (χ1) is 10.6. The quantitative estimate of drug-likeness (QED) is 0.892. The zero-order valence-corrected chi connectivity index (χ0v) is 14.6. The smallest absolute Gasteiger partial charge is 0.253 e. The highest BCUT2D eigenvalue weighted by atomic mass is 35.5. The number of nitrogens with two attached hydrogens (primary N) is 1. The third kappa shape index (κ3) is 4.45. The largest absolute Gasteiger partial charge is 0.339 e. The van der Waals surface area contributed by atoms with Crippen molar-refractivity contribution in [2.45, 2.75) is 20.3 Å². The normalized spacial score (nSPS) is 16.8. The van der Waals surface area contributed by atoms with Crippen molar-refractivity contribution in [1.82, 2.24) is 9.80 Å². The molecule has 2 amide bonds. The van der Waals surface area contributed by atoms with Crippen molar-refractivity contribution in [1.29, 1.82) is 0 Å². The molecule has 2 rings (SSSR count). The van der Waals surface area contributed by atoms with E-state index in [1.807, 2.05) is 18.7 Å². The second kappa shape index (κ2) is 8.89. The van der Waals surface area contributed by atoms with Gasteiger partial charge in [-0.2, -0.15) is 0 Å². The fourth-order valence-electron chi connectivity index (χ4n) is 2.84. The number of nitrogens with zero attached hydrogens (tertiary/aromatic N) is 2. The molecule has 0 aromatic heterocycles. The monoisotopic (exact) mass is 339 g/mol. The molecule has 1 aliphatic rings. The molecule has 0 bridgehead atoms. The lowest BCUT2D eigenvalue weighted by atomic mass is 10.1. The van der Waals surface area contributed by atoms with Gasteiger partial charge in [-0.05, 0) is 57.0 Å². The van der Waals surface area contributed by atoms with Gasteiger partial charge in [0.1, 0.15) is 0 Å². The highest BCUT2D eigenvalue weighted by Crippen LogP contribution is 2.18. The van der Waals surface area contributed by atoms with E-state index >= 15 is 0 Å². The minimum absolute atomic E-state index is 0. The molecule has 1 aliphatic heterocycles. The van der Waals surface area contributed by atoms with Gasteiger partial charge in [-0.1, -0.05) is 0 Å². The van der Waals surface area contributed by atoms with Gasteiger partial charge < -0.3 is 15.5 Å². The lowest BCUT2D eigenvalue weighted by Crippen LogP contribution is -2.31. The molecule has 1 fully saturated rings. The average molecular weight is 340 g/mol. The molecule has 1 heterocycles. The van der Waals surface area contributed by atoms with Gasteiger partial charge in [0.15, 0.2) is 0 Å². The van der Waals surface area contributed by atoms with Crippen molar-refractivity contribution in [3.8, 4) is 0 Å². The number of carbonyl (C=O) groups excluding carboxylic acids is 2. The maximum atomic E-state index is 12.4. The predicted octanol–water partition coefficient (Wildman–Crippen LogP) is 2.01. The summed E-state index contributed by atoms with van der Waals surface area (Å²) in [6.07, 6.45) is 0.973. The number of likely N-dealkylation sites (tertiary alicyclic amines) is 1. The SMILES string of the molecule is CCN(CC)C(=O)c1ccc(C(=O)N2CCC(CN)C2)cc1.Cl. The molecule has 1 unspecified atom stereocenters. The van der Waals surface area contributed by atoms with Crippen LogP contribution in [0.15, 0.2) is 24.3 Å². The number of benzene rings is 1. The fraction of sp³-hybridized carbons (Fsp3) is 0.529. The number of amides is 2. The van der Waals surface area contributed by atoms with Gasteiger partial charge in [-0.25, -0.2) is 0 Å². The second-order valence-corrected chi connectivity index (χ2v) is 5.70. The summed E-state index contributed by atoms with van der Waals surface area (Å²) in [5.41, 5.74) is 6.92. The van der Waals surface area contributed by atoms with Gasteiger partial charge >= 0.3 is 0 Å². The summed E-state index contributed by atoms with van der Waals surface area (Å²) in [6.45, 7) is 7.41. The molecule has 1 aromatic rings. The van der Waals surface area contributed by atoms with Crippen LogP contribution in [-0.2, 0) is 0 Å². The van der Waals surface area contributed by atoms with Gasteiger partial charge in [-0.3, -0.25) is 9.59 Å². The molecule has 0 saturated carbocycles. The minimum Gasteiger partial charge on any atom is -0.339 e. The lowest BCUT2D eigenvalue weighted by Gasteiger charge is -2.19. The number of halogens is 1. The van der Waals surface area contributed by atoms with Crippen molar-refractivity contribution in [2.24, 2.45) is 11.7 Å². The first-order valence-electron chi connectivity index (χ1n) is 7.99. The minimum atomic E-state index is 0. The zero-order chi connectivity index (χ0) is 16.1. The second-order valence-electron chi connectivity index (χ2n) is 5.70. The van der Waals surface area contributed by atoms with Gasteiger partial charge in [-0.15, -0.1) is 12.4 Å². The van der Waals surface area contributed by atoms with E-state index in [4.69, 9.17) is 5.73 Å². The Labute approximate surface area is 144 Å². The maximum absolute atomic E-state index is 12.4. The number of hydrogen-bond acceptors (Lipinski definition) is 3. The van der Waals surface area contributed by atoms with E-state index in [-0.39, 0.29) is 24.2 Å². The zero-order valence-electron chi connectivity index (χ0n) is 13.8. The maximum Gasteiger partial charge on any atom is 0.253 e. The van der Waals surface area contributed by atoms with Crippen LogP contribution < -0.4 is 5.73 Å². The molecule has 128 valence electrons. The van der Waals surface area contributed by atoms with Gasteiger partial charge in [0, 0.05) is 37.3 Å². The Morgan fingerprint density at radius 1 is 1.17 bits per heavy atom. The van der Waals surface area contributed by atoms with Crippen LogP contribution in [0.4, 0.5) is 0 Å². The summed E-state index contributed by atoms with van der Waals surface area (Å²) in [7, 11) is 0. The molecule has 23 heavy (non-hydrogen) atoms. The third-order valence-electron chi connectivity index (χ3n) is 4.34. The lowest BCUT2D eigenvalue weighted by molar-refractivity contribution is 0.0766. The van der Waals surface area contributed by atoms with Crippen LogP contribution in [0.2, 0.25) is 0 Å². The van der Waals surface area contributed by atoms with Gasteiger partial charge in [0.2, 0.25) is 0 Å². The summed E-state index contributed by atoms with van der Waals surface area (Å²) < 4.78 is 0. The van der Waals surface area contributed by atoms with Crippen molar-refractivity contribution < 1.29 is 9.59 Å². The molecule has 6 heteroatoms. The highest BCUT2D eigenvalue weighted by Gasteiger charge is 2.26. The van der Waals surface area contributed by atoms with Crippen molar-refractivity contribution in [3.05, 3.63) is 35.4 Å². The first-order valence-corrected chi connectivity index (χ1v) is 7.99. The first kappa shape index (κ1) is 19.5. The summed E-state index contributed by atoms with van der Waals surface area (Å²) in [5, 5.41) is 0. The van der Waals surface area contributed by atoms with E-state index in [1.165, 1.54) is 0 Å². The molecule has 5 nitrogen and oxygen atoms in total. The van der Waals surface area contributed by atoms with Crippen molar-refractivity contribution in [2.75, 3.05) is 32.7 Å². The van der Waals surface area contributed by atoms with E-state index in [9.17, 15) is 9.59 Å². The Bertz CT molecular complexity index is 529. The molecular weight excluding hydrogens is 314 g/mol. The predicted molar refractivity (Wildman–Crippen MR) is 94.0 cm³/mol. The van der Waals surface area contributed by atoms with Crippen LogP contribution in [0.3, 0.4) is 0 Å². The van der Waals surface area contributed by atoms with Gasteiger partial charge in [0.05, 0.1) is 0 Å². The van der Waals surface area contributed by atoms with E-state index in [2.05, 4.69) is 0 Å². The van der Waals surface area contributed by atoms with Crippen LogP contribution in [0.25, 0.3) is 0 Å². The van der Waals surface area contributed by atoms with Crippen LogP contribution in [0.5, 0.6) is 0 Å². The summed E-state index contributed by atoms with van der Waals surface area (Å²) in [4.78, 5) is 28.3. The molecule has 1 atom stereocenters. The molecule has 0 spiro atoms. The van der Waals surface area contributed by atoms with E-state index in [0.717, 1.165) is 19.5 Å². The highest BCUT2D eigenvalue weighted by molar-refractivity contribution is 5.97. The van der Waals surface area contributed by atoms with Crippen molar-refractivity contribution >= 4 is 24.2 Å². The number of rotatable bonds is 5. The number of hydrogen-bond donors (Lipinski definition) is 1. The van der Waals surface area contributed by atoms with Crippen molar-refractivity contribution in [3.63, 3.8) is 0 Å². The standard InChI is InChI=1S/C17H25N3O2.ClH/c1-3-19(4-2)16(21)14-5-7-15(8-6-14)17(22)20-10-9-13(11-18)12-20;/h5-8,13H,3-4,9-12,18H2,1-2H3;1H. The molecule has 0 aliphatic carbocycles. The molecule has 0 radical (unpaired) electrons. The molecule has 2 N–H and O–H groups in total. The Kier molecular flexibility index (Phi) is 7.52. The van der Waals surface area contributed by atoms with Crippen LogP contribution in [-0.4, -0.2) is 54.3 Å². The molecule has 1 aromatic carbocycles. The molecule has 1 saturated heterocycles. The fourth-order valence-corrected chi connectivity index (χ4v) is 2.84. The van der Waals surface area contributed by atoms with E-state index < -0.39 is 0 Å². The Hall–Kier alpha value is -1.59. The Morgan fingerprint density at radius 3 is 2.22 bits per heavy atom. The van der Waals surface area contributed by atoms with Gasteiger partial charge in [0.25, 0.3) is 11.8 Å².